The van der Waals surface area contributed by atoms with E-state index >= 15 is 0 Å². The van der Waals surface area contributed by atoms with Crippen LogP contribution in [-0.4, -0.2) is 25.5 Å². The van der Waals surface area contributed by atoms with Crippen molar-refractivity contribution in [3.8, 4) is 11.5 Å². The Balaban J connectivity index is 2.84. The van der Waals surface area contributed by atoms with Gasteiger partial charge in [0.05, 0.1) is 26.6 Å². The Kier molecular flexibility index (Phi) is 4.60. The third-order valence-electron chi connectivity index (χ3n) is 2.17. The zero-order chi connectivity index (χ0) is 11.1. The third kappa shape index (κ3) is 2.94. The van der Waals surface area contributed by atoms with E-state index in [4.69, 9.17) is 9.47 Å². The summed E-state index contributed by atoms with van der Waals surface area (Å²) in [5.74, 6) is 1.42. The number of carbonyl (C=O) groups excluding carboxylic acids is 1. The van der Waals surface area contributed by atoms with E-state index in [1.165, 1.54) is 0 Å². The fourth-order valence-corrected chi connectivity index (χ4v) is 1.41. The van der Waals surface area contributed by atoms with Gasteiger partial charge in [-0.1, -0.05) is 0 Å². The van der Waals surface area contributed by atoms with Crippen LogP contribution in [0.25, 0.3) is 0 Å². The van der Waals surface area contributed by atoms with E-state index in [-0.39, 0.29) is 0 Å². The Morgan fingerprint density at radius 1 is 1.27 bits per heavy atom. The van der Waals surface area contributed by atoms with Crippen molar-refractivity contribution >= 4 is 6.29 Å². The smallest absolute Gasteiger partial charge is 0.144 e. The molecular weight excluding hydrogens is 194 g/mol. The molecule has 0 atom stereocenters. The molecule has 0 spiro atoms. The van der Waals surface area contributed by atoms with Gasteiger partial charge >= 0.3 is 0 Å². The number of methoxy groups -OCH3 is 2. The topological polar surface area (TPSA) is 48.4 Å². The Labute approximate surface area is 89.2 Å². The number of hydrogen-bond acceptors (Lipinski definition) is 4. The second kappa shape index (κ2) is 6.01. The predicted octanol–water partition coefficient (Wildman–Crippen LogP) is 1.62. The average molecular weight is 209 g/mol. The Morgan fingerprint density at radius 2 is 1.87 bits per heavy atom. The number of unbranched alkanes of at least 4 members (excludes halogenated alkanes) is 1. The third-order valence-corrected chi connectivity index (χ3v) is 2.17. The maximum Gasteiger partial charge on any atom is 0.144 e. The molecule has 1 aromatic heterocycles. The van der Waals surface area contributed by atoms with Crippen LogP contribution in [0, 0.1) is 0 Å². The minimum Gasteiger partial charge on any atom is -0.495 e. The molecule has 0 unspecified atom stereocenters. The van der Waals surface area contributed by atoms with Crippen LogP contribution in [0.3, 0.4) is 0 Å². The van der Waals surface area contributed by atoms with Crippen LogP contribution in [0.5, 0.6) is 11.5 Å². The maximum atomic E-state index is 10.2. The average Bonchev–Trinajstić information content (AvgIpc) is 2.29. The molecule has 0 amide bonds. The second-order valence-electron chi connectivity index (χ2n) is 3.08. The summed E-state index contributed by atoms with van der Waals surface area (Å²) in [6.07, 6.45) is 6.32. The Bertz CT molecular complexity index is 303. The SMILES string of the molecule is COc1cncc(OC)c1CCCC=O. The summed E-state index contributed by atoms with van der Waals surface area (Å²) in [7, 11) is 3.19. The molecule has 1 heterocycles. The first-order valence-corrected chi connectivity index (χ1v) is 4.82. The first-order valence-electron chi connectivity index (χ1n) is 4.82. The van der Waals surface area contributed by atoms with Crippen LogP contribution >= 0.6 is 0 Å². The highest BCUT2D eigenvalue weighted by atomic mass is 16.5. The molecule has 15 heavy (non-hydrogen) atoms. The van der Waals surface area contributed by atoms with E-state index in [1.54, 1.807) is 26.6 Å². The quantitative estimate of drug-likeness (QED) is 0.527. The zero-order valence-electron chi connectivity index (χ0n) is 9.03. The standard InChI is InChI=1S/C11H15NO3/c1-14-10-7-12-8-11(15-2)9(10)5-3-4-6-13/h6-8H,3-5H2,1-2H3. The van der Waals surface area contributed by atoms with Gasteiger partial charge in [0.1, 0.15) is 17.8 Å². The molecule has 0 saturated heterocycles. The molecule has 0 saturated carbocycles. The van der Waals surface area contributed by atoms with Gasteiger partial charge in [0.15, 0.2) is 0 Å². The molecule has 0 N–H and O–H groups in total. The van der Waals surface area contributed by atoms with Gasteiger partial charge < -0.3 is 14.3 Å². The summed E-state index contributed by atoms with van der Waals surface area (Å²) in [6, 6.07) is 0. The van der Waals surface area contributed by atoms with Crippen molar-refractivity contribution in [1.29, 1.82) is 0 Å². The maximum absolute atomic E-state index is 10.2. The molecular formula is C11H15NO3. The van der Waals surface area contributed by atoms with Gasteiger partial charge in [-0.2, -0.15) is 0 Å². The lowest BCUT2D eigenvalue weighted by Crippen LogP contribution is -1.98. The molecule has 4 heteroatoms. The summed E-state index contributed by atoms with van der Waals surface area (Å²) in [5.41, 5.74) is 0.969. The van der Waals surface area contributed by atoms with Crippen molar-refractivity contribution in [1.82, 2.24) is 4.98 Å². The molecule has 0 fully saturated rings. The molecule has 0 aliphatic heterocycles. The number of carbonyl (C=O) groups is 1. The van der Waals surface area contributed by atoms with Crippen molar-refractivity contribution < 1.29 is 14.3 Å². The largest absolute Gasteiger partial charge is 0.495 e. The number of nitrogens with zero attached hydrogens (tertiary/aromatic N) is 1. The monoisotopic (exact) mass is 209 g/mol. The number of ether oxygens (including phenoxy) is 2. The lowest BCUT2D eigenvalue weighted by Gasteiger charge is -2.11. The van der Waals surface area contributed by atoms with E-state index < -0.39 is 0 Å². The van der Waals surface area contributed by atoms with Crippen LogP contribution in [0.15, 0.2) is 12.4 Å². The van der Waals surface area contributed by atoms with E-state index in [0.29, 0.717) is 17.9 Å². The lowest BCUT2D eigenvalue weighted by molar-refractivity contribution is -0.107. The van der Waals surface area contributed by atoms with Crippen molar-refractivity contribution in [2.24, 2.45) is 0 Å². The second-order valence-corrected chi connectivity index (χ2v) is 3.08. The number of hydrogen-bond donors (Lipinski definition) is 0. The summed E-state index contributed by atoms with van der Waals surface area (Å²) >= 11 is 0. The summed E-state index contributed by atoms with van der Waals surface area (Å²) < 4.78 is 10.4. The predicted molar refractivity (Wildman–Crippen MR) is 56.3 cm³/mol. The fraction of sp³-hybridized carbons (Fsp3) is 0.455. The Morgan fingerprint density at radius 3 is 2.33 bits per heavy atom. The molecule has 0 aliphatic carbocycles. The van der Waals surface area contributed by atoms with E-state index in [0.717, 1.165) is 24.7 Å². The van der Waals surface area contributed by atoms with E-state index in [1.807, 2.05) is 0 Å². The molecule has 0 aliphatic rings. The first kappa shape index (κ1) is 11.5. The van der Waals surface area contributed by atoms with E-state index in [9.17, 15) is 4.79 Å². The van der Waals surface area contributed by atoms with Crippen LogP contribution in [0.4, 0.5) is 0 Å². The minimum absolute atomic E-state index is 0.550. The molecule has 1 rings (SSSR count). The number of aromatic nitrogens is 1. The molecule has 0 radical (unpaired) electrons. The molecule has 82 valence electrons. The zero-order valence-corrected chi connectivity index (χ0v) is 9.03. The highest BCUT2D eigenvalue weighted by molar-refractivity contribution is 5.49. The van der Waals surface area contributed by atoms with Gasteiger partial charge in [-0.05, 0) is 12.8 Å². The van der Waals surface area contributed by atoms with Gasteiger partial charge in [0.25, 0.3) is 0 Å². The van der Waals surface area contributed by atoms with Crippen LogP contribution in [0.2, 0.25) is 0 Å². The van der Waals surface area contributed by atoms with Crippen molar-refractivity contribution in [2.45, 2.75) is 19.3 Å². The first-order chi connectivity index (χ1) is 7.33. The number of aldehydes is 1. The minimum atomic E-state index is 0.550. The number of pyridine rings is 1. The lowest BCUT2D eigenvalue weighted by atomic mass is 10.1. The molecule has 1 aromatic rings. The van der Waals surface area contributed by atoms with Crippen molar-refractivity contribution in [2.75, 3.05) is 14.2 Å². The van der Waals surface area contributed by atoms with E-state index in [2.05, 4.69) is 4.98 Å². The fourth-order valence-electron chi connectivity index (χ4n) is 1.41. The van der Waals surface area contributed by atoms with Crippen molar-refractivity contribution in [3.05, 3.63) is 18.0 Å². The van der Waals surface area contributed by atoms with Gasteiger partial charge in [-0.15, -0.1) is 0 Å². The summed E-state index contributed by atoms with van der Waals surface area (Å²) in [6.45, 7) is 0. The van der Waals surface area contributed by atoms with Crippen LogP contribution in [-0.2, 0) is 11.2 Å². The van der Waals surface area contributed by atoms with Crippen LogP contribution < -0.4 is 9.47 Å². The molecule has 0 aromatic carbocycles. The summed E-state index contributed by atoms with van der Waals surface area (Å²) in [5, 5.41) is 0. The number of rotatable bonds is 6. The van der Waals surface area contributed by atoms with Gasteiger partial charge in [0.2, 0.25) is 0 Å². The van der Waals surface area contributed by atoms with Gasteiger partial charge in [0, 0.05) is 12.0 Å². The highest BCUT2D eigenvalue weighted by Gasteiger charge is 2.09. The van der Waals surface area contributed by atoms with Crippen LogP contribution in [0.1, 0.15) is 18.4 Å². The van der Waals surface area contributed by atoms with Crippen molar-refractivity contribution in [3.63, 3.8) is 0 Å². The highest BCUT2D eigenvalue weighted by Crippen LogP contribution is 2.28. The molecule has 0 bridgehead atoms. The van der Waals surface area contributed by atoms with Gasteiger partial charge in [-0.3, -0.25) is 4.98 Å². The Hall–Kier alpha value is -1.58. The normalized spacial score (nSPS) is 9.73. The molecule has 4 nitrogen and oxygen atoms in total. The summed E-state index contributed by atoms with van der Waals surface area (Å²) in [4.78, 5) is 14.2. The van der Waals surface area contributed by atoms with Gasteiger partial charge in [-0.25, -0.2) is 0 Å².